The Labute approximate surface area is 113 Å². The van der Waals surface area contributed by atoms with Crippen LogP contribution in [0.3, 0.4) is 0 Å². The summed E-state index contributed by atoms with van der Waals surface area (Å²) < 4.78 is 7.05. The second kappa shape index (κ2) is 4.35. The molecule has 0 aliphatic carbocycles. The molecular weight excluding hydrogens is 266 g/mol. The molecule has 0 saturated carbocycles. The van der Waals surface area contributed by atoms with Crippen LogP contribution in [-0.4, -0.2) is 59.3 Å². The highest BCUT2D eigenvalue weighted by atomic mass is 16.6. The van der Waals surface area contributed by atoms with E-state index in [1.54, 1.807) is 0 Å². The van der Waals surface area contributed by atoms with E-state index < -0.39 is 30.6 Å². The Bertz CT molecular complexity index is 647. The third-order valence-corrected chi connectivity index (χ3v) is 3.61. The predicted octanol–water partition coefficient (Wildman–Crippen LogP) is -1.59. The summed E-state index contributed by atoms with van der Waals surface area (Å²) in [6.07, 6.45) is -0.686. The van der Waals surface area contributed by atoms with Crippen molar-refractivity contribution in [1.82, 2.24) is 19.5 Å². The molecule has 0 spiro atoms. The summed E-state index contributed by atoms with van der Waals surface area (Å²) in [7, 11) is 0. The first-order chi connectivity index (χ1) is 9.48. The van der Waals surface area contributed by atoms with E-state index in [1.807, 2.05) is 0 Å². The van der Waals surface area contributed by atoms with Gasteiger partial charge in [0, 0.05) is 0 Å². The molecule has 0 bridgehead atoms. The number of nitrogen functional groups attached to an aromatic ring is 1. The van der Waals surface area contributed by atoms with Gasteiger partial charge in [0.1, 0.15) is 29.7 Å². The van der Waals surface area contributed by atoms with Gasteiger partial charge in [-0.1, -0.05) is 0 Å². The van der Waals surface area contributed by atoms with Crippen molar-refractivity contribution in [3.63, 3.8) is 0 Å². The highest BCUT2D eigenvalue weighted by molar-refractivity contribution is 5.81. The minimum atomic E-state index is -1.25. The van der Waals surface area contributed by atoms with Crippen molar-refractivity contribution >= 4 is 17.0 Å². The Morgan fingerprint density at radius 2 is 2.15 bits per heavy atom. The Hall–Kier alpha value is -1.81. The molecule has 1 aliphatic rings. The molecule has 108 valence electrons. The summed E-state index contributed by atoms with van der Waals surface area (Å²) >= 11 is 0. The maximum atomic E-state index is 10.1. The average molecular weight is 281 g/mol. The van der Waals surface area contributed by atoms with Crippen molar-refractivity contribution in [2.45, 2.75) is 31.0 Å². The third-order valence-electron chi connectivity index (χ3n) is 3.61. The van der Waals surface area contributed by atoms with Gasteiger partial charge in [-0.25, -0.2) is 15.0 Å². The van der Waals surface area contributed by atoms with Gasteiger partial charge in [0.2, 0.25) is 0 Å². The molecule has 3 heterocycles. The van der Waals surface area contributed by atoms with Crippen molar-refractivity contribution < 1.29 is 20.1 Å². The predicted molar refractivity (Wildman–Crippen MR) is 67.4 cm³/mol. The van der Waals surface area contributed by atoms with Crippen LogP contribution in [-0.2, 0) is 4.74 Å². The van der Waals surface area contributed by atoms with Gasteiger partial charge in [-0.2, -0.15) is 0 Å². The first kappa shape index (κ1) is 13.2. The van der Waals surface area contributed by atoms with Crippen LogP contribution in [0.5, 0.6) is 0 Å². The van der Waals surface area contributed by atoms with Gasteiger partial charge in [-0.05, 0) is 6.92 Å². The van der Waals surface area contributed by atoms with Crippen LogP contribution in [0.4, 0.5) is 5.82 Å². The van der Waals surface area contributed by atoms with Crippen LogP contribution in [0.25, 0.3) is 11.2 Å². The Balaban J connectivity index is 2.06. The Morgan fingerprint density at radius 3 is 2.80 bits per heavy atom. The number of ether oxygens (including phenoxy) is 1. The first-order valence-electron chi connectivity index (χ1n) is 6.06. The SMILES string of the molecule is CC1(CO)OC(n2cnc3c(N)ncnc32)C(O)C1O. The van der Waals surface area contributed by atoms with Crippen LogP contribution in [0.2, 0.25) is 0 Å². The fourth-order valence-corrected chi connectivity index (χ4v) is 2.34. The van der Waals surface area contributed by atoms with E-state index in [0.717, 1.165) is 0 Å². The second-order valence-electron chi connectivity index (χ2n) is 5.00. The molecule has 1 aliphatic heterocycles. The lowest BCUT2D eigenvalue weighted by molar-refractivity contribution is -0.115. The average Bonchev–Trinajstić information content (AvgIpc) is 2.96. The number of nitrogens with two attached hydrogens (primary N) is 1. The minimum absolute atomic E-state index is 0.215. The van der Waals surface area contributed by atoms with E-state index in [4.69, 9.17) is 10.5 Å². The smallest absolute Gasteiger partial charge is 0.167 e. The Kier molecular flexibility index (Phi) is 2.87. The molecule has 1 saturated heterocycles. The number of nitrogens with zero attached hydrogens (tertiary/aromatic N) is 4. The van der Waals surface area contributed by atoms with Crippen LogP contribution in [0.15, 0.2) is 12.7 Å². The van der Waals surface area contributed by atoms with E-state index in [0.29, 0.717) is 11.2 Å². The number of imidazole rings is 1. The number of aromatic nitrogens is 4. The van der Waals surface area contributed by atoms with Gasteiger partial charge in [0.05, 0.1) is 12.9 Å². The number of anilines is 1. The fraction of sp³-hybridized carbons (Fsp3) is 0.545. The largest absolute Gasteiger partial charge is 0.393 e. The number of aliphatic hydroxyl groups is 3. The van der Waals surface area contributed by atoms with Gasteiger partial charge >= 0.3 is 0 Å². The maximum Gasteiger partial charge on any atom is 0.167 e. The third kappa shape index (κ3) is 1.68. The van der Waals surface area contributed by atoms with Gasteiger partial charge in [-0.15, -0.1) is 0 Å². The van der Waals surface area contributed by atoms with Crippen molar-refractivity contribution in [3.8, 4) is 0 Å². The number of hydrogen-bond acceptors (Lipinski definition) is 8. The molecule has 2 aromatic heterocycles. The molecule has 2 aromatic rings. The molecule has 0 aromatic carbocycles. The number of hydrogen-bond donors (Lipinski definition) is 4. The highest BCUT2D eigenvalue weighted by Crippen LogP contribution is 2.37. The normalized spacial score (nSPS) is 33.9. The molecule has 0 amide bonds. The topological polar surface area (TPSA) is 140 Å². The highest BCUT2D eigenvalue weighted by Gasteiger charge is 2.52. The number of aliphatic hydroxyl groups excluding tert-OH is 3. The number of fused-ring (bicyclic) bond motifs is 1. The van der Waals surface area contributed by atoms with E-state index in [9.17, 15) is 15.3 Å². The summed E-state index contributed by atoms with van der Waals surface area (Å²) in [5, 5.41) is 29.4. The lowest BCUT2D eigenvalue weighted by Gasteiger charge is -2.24. The molecule has 4 unspecified atom stereocenters. The lowest BCUT2D eigenvalue weighted by atomic mass is 9.99. The van der Waals surface area contributed by atoms with Crippen LogP contribution >= 0.6 is 0 Å². The van der Waals surface area contributed by atoms with Crippen molar-refractivity contribution in [2.24, 2.45) is 0 Å². The minimum Gasteiger partial charge on any atom is -0.393 e. The van der Waals surface area contributed by atoms with Crippen molar-refractivity contribution in [3.05, 3.63) is 12.7 Å². The summed E-state index contributed by atoms with van der Waals surface area (Å²) in [5.41, 5.74) is 5.21. The lowest BCUT2D eigenvalue weighted by Crippen LogP contribution is -2.43. The summed E-state index contributed by atoms with van der Waals surface area (Å²) in [4.78, 5) is 12.0. The second-order valence-corrected chi connectivity index (χ2v) is 5.00. The van der Waals surface area contributed by atoms with E-state index >= 15 is 0 Å². The standard InChI is InChI=1S/C11H15N5O4/c1-11(2-17)7(19)6(18)10(20-11)16-4-15-5-8(12)13-3-14-9(5)16/h3-4,6-7,10,17-19H,2H2,1H3,(H2,12,13,14). The van der Waals surface area contributed by atoms with Gasteiger partial charge in [0.25, 0.3) is 0 Å². The maximum absolute atomic E-state index is 10.1. The fourth-order valence-electron chi connectivity index (χ4n) is 2.34. The van der Waals surface area contributed by atoms with Gasteiger partial charge < -0.3 is 25.8 Å². The molecule has 4 atom stereocenters. The molecule has 0 radical (unpaired) electrons. The van der Waals surface area contributed by atoms with E-state index in [-0.39, 0.29) is 5.82 Å². The molecule has 1 fully saturated rings. The first-order valence-corrected chi connectivity index (χ1v) is 6.06. The molecular formula is C11H15N5O4. The monoisotopic (exact) mass is 281 g/mol. The molecule has 9 heteroatoms. The van der Waals surface area contributed by atoms with Crippen molar-refractivity contribution in [1.29, 1.82) is 0 Å². The van der Waals surface area contributed by atoms with Crippen LogP contribution < -0.4 is 5.73 Å². The van der Waals surface area contributed by atoms with Gasteiger partial charge in [-0.3, -0.25) is 4.57 Å². The van der Waals surface area contributed by atoms with E-state index in [1.165, 1.54) is 24.1 Å². The summed E-state index contributed by atoms with van der Waals surface area (Å²) in [5.74, 6) is 0.215. The van der Waals surface area contributed by atoms with Gasteiger partial charge in [0.15, 0.2) is 17.7 Å². The molecule has 9 nitrogen and oxygen atoms in total. The zero-order valence-electron chi connectivity index (χ0n) is 10.7. The molecule has 20 heavy (non-hydrogen) atoms. The zero-order chi connectivity index (χ0) is 14.5. The summed E-state index contributed by atoms with van der Waals surface area (Å²) in [6.45, 7) is 1.09. The summed E-state index contributed by atoms with van der Waals surface area (Å²) in [6, 6.07) is 0. The van der Waals surface area contributed by atoms with Crippen LogP contribution in [0, 0.1) is 0 Å². The quantitative estimate of drug-likeness (QED) is 0.516. The molecule has 3 rings (SSSR count). The van der Waals surface area contributed by atoms with E-state index in [2.05, 4.69) is 15.0 Å². The van der Waals surface area contributed by atoms with Crippen LogP contribution in [0.1, 0.15) is 13.2 Å². The van der Waals surface area contributed by atoms with Crippen molar-refractivity contribution in [2.75, 3.05) is 12.3 Å². The number of rotatable bonds is 2. The zero-order valence-corrected chi connectivity index (χ0v) is 10.7. The Morgan fingerprint density at radius 1 is 1.40 bits per heavy atom. The molecule has 5 N–H and O–H groups in total.